The Morgan fingerprint density at radius 3 is 2.24 bits per heavy atom. The van der Waals surface area contributed by atoms with Crippen molar-refractivity contribution in [2.45, 2.75) is 47.6 Å². The number of thiophene rings is 1. The third-order valence-corrected chi connectivity index (χ3v) is 2.75. The maximum atomic E-state index is 11.2. The Morgan fingerprint density at radius 1 is 1.35 bits per heavy atom. The molecule has 1 aromatic heterocycles. The number of esters is 1. The van der Waals surface area contributed by atoms with Crippen LogP contribution >= 0.6 is 11.3 Å². The quantitative estimate of drug-likeness (QED) is 0.835. The first kappa shape index (κ1) is 18.5. The van der Waals surface area contributed by atoms with Gasteiger partial charge in [-0.3, -0.25) is 0 Å². The van der Waals surface area contributed by atoms with Gasteiger partial charge in [-0.2, -0.15) is 0 Å². The van der Waals surface area contributed by atoms with Gasteiger partial charge in [-0.1, -0.05) is 27.7 Å². The summed E-state index contributed by atoms with van der Waals surface area (Å²) < 4.78 is 4.81. The molecule has 0 aromatic carbocycles. The highest BCUT2D eigenvalue weighted by atomic mass is 32.1. The predicted octanol–water partition coefficient (Wildman–Crippen LogP) is 4.03. The summed E-state index contributed by atoms with van der Waals surface area (Å²) >= 11 is 1.26. The van der Waals surface area contributed by atoms with E-state index in [2.05, 4.69) is 0 Å². The highest BCUT2D eigenvalue weighted by molar-refractivity contribution is 7.14. The highest BCUT2D eigenvalue weighted by Gasteiger charge is 2.11. The van der Waals surface area contributed by atoms with Gasteiger partial charge in [0.2, 0.25) is 0 Å². The molecular weight excluding hydrogens is 236 g/mol. The van der Waals surface area contributed by atoms with Crippen molar-refractivity contribution in [2.75, 3.05) is 6.61 Å². The molecule has 1 unspecified atom stereocenters. The summed E-state index contributed by atoms with van der Waals surface area (Å²) in [6.07, 6.45) is -0.520. The number of rotatable bonds is 3. The van der Waals surface area contributed by atoms with Crippen LogP contribution in [0.4, 0.5) is 0 Å². The van der Waals surface area contributed by atoms with E-state index >= 15 is 0 Å². The van der Waals surface area contributed by atoms with E-state index in [4.69, 9.17) is 4.74 Å². The van der Waals surface area contributed by atoms with Gasteiger partial charge in [0.25, 0.3) is 0 Å². The number of aliphatic hydroxyl groups excluding tert-OH is 1. The van der Waals surface area contributed by atoms with Gasteiger partial charge < -0.3 is 9.84 Å². The summed E-state index contributed by atoms with van der Waals surface area (Å²) in [5, 5.41) is 9.21. The molecule has 1 heterocycles. The van der Waals surface area contributed by atoms with Gasteiger partial charge in [-0.05, 0) is 26.0 Å². The van der Waals surface area contributed by atoms with Crippen molar-refractivity contribution in [3.63, 3.8) is 0 Å². The average Bonchev–Trinajstić information content (AvgIpc) is 2.84. The van der Waals surface area contributed by atoms with E-state index in [1.165, 1.54) is 11.3 Å². The Morgan fingerprint density at radius 2 is 1.88 bits per heavy atom. The minimum Gasteiger partial charge on any atom is -0.462 e. The fourth-order valence-corrected chi connectivity index (χ4v) is 1.73. The molecule has 0 spiro atoms. The number of ether oxygens (including phenoxy) is 1. The van der Waals surface area contributed by atoms with Gasteiger partial charge in [0.15, 0.2) is 0 Å². The molecule has 0 bridgehead atoms. The molecule has 17 heavy (non-hydrogen) atoms. The monoisotopic (exact) mass is 260 g/mol. The topological polar surface area (TPSA) is 46.5 Å². The Labute approximate surface area is 108 Å². The molecule has 1 atom stereocenters. The first-order valence-corrected chi connectivity index (χ1v) is 6.91. The average molecular weight is 260 g/mol. The fraction of sp³-hybridized carbons (Fsp3) is 0.615. The van der Waals surface area contributed by atoms with Crippen molar-refractivity contribution in [2.24, 2.45) is 0 Å². The zero-order chi connectivity index (χ0) is 13.8. The number of carbonyl (C=O) groups is 1. The molecule has 1 aromatic rings. The molecule has 0 aliphatic carbocycles. The van der Waals surface area contributed by atoms with Gasteiger partial charge in [-0.25, -0.2) is 4.79 Å². The van der Waals surface area contributed by atoms with Crippen molar-refractivity contribution in [3.05, 3.63) is 21.9 Å². The number of hydrogen-bond donors (Lipinski definition) is 1. The van der Waals surface area contributed by atoms with Gasteiger partial charge in [-0.15, -0.1) is 11.3 Å². The second-order valence-corrected chi connectivity index (χ2v) is 3.71. The molecule has 0 aliphatic rings. The molecule has 0 saturated carbocycles. The van der Waals surface area contributed by atoms with Crippen LogP contribution in [0, 0.1) is 0 Å². The fourth-order valence-electron chi connectivity index (χ4n) is 0.889. The second kappa shape index (κ2) is 11.6. The van der Waals surface area contributed by atoms with E-state index in [1.807, 2.05) is 27.7 Å². The van der Waals surface area contributed by atoms with Gasteiger partial charge in [0.1, 0.15) is 4.88 Å². The summed E-state index contributed by atoms with van der Waals surface area (Å²) in [7, 11) is 0. The van der Waals surface area contributed by atoms with Crippen LogP contribution in [0.25, 0.3) is 0 Å². The molecule has 3 nitrogen and oxygen atoms in total. The minimum absolute atomic E-state index is 0.320. The SMILES string of the molecule is CC.CC.CCOC(=O)c1ccc(C(C)O)s1. The zero-order valence-electron chi connectivity index (χ0n) is 11.6. The third-order valence-electron chi connectivity index (χ3n) is 1.52. The Bertz CT molecular complexity index is 293. The van der Waals surface area contributed by atoms with Crippen LogP contribution in [0.15, 0.2) is 12.1 Å². The van der Waals surface area contributed by atoms with E-state index in [1.54, 1.807) is 26.0 Å². The maximum absolute atomic E-state index is 11.2. The number of aliphatic hydroxyl groups is 1. The molecule has 0 fully saturated rings. The molecule has 0 amide bonds. The molecule has 4 heteroatoms. The lowest BCUT2D eigenvalue weighted by Crippen LogP contribution is -2.01. The number of hydrogen-bond acceptors (Lipinski definition) is 4. The van der Waals surface area contributed by atoms with Crippen molar-refractivity contribution in [1.29, 1.82) is 0 Å². The first-order chi connectivity index (χ1) is 8.15. The molecular formula is C13H24O3S. The van der Waals surface area contributed by atoms with E-state index < -0.39 is 6.10 Å². The summed E-state index contributed by atoms with van der Waals surface area (Å²) in [6, 6.07) is 3.41. The smallest absolute Gasteiger partial charge is 0.348 e. The normalized spacial score (nSPS) is 10.3. The van der Waals surface area contributed by atoms with Gasteiger partial charge in [0, 0.05) is 4.88 Å². The Hall–Kier alpha value is -0.870. The Balaban J connectivity index is 0. The van der Waals surface area contributed by atoms with Crippen LogP contribution in [0.5, 0.6) is 0 Å². The summed E-state index contributed by atoms with van der Waals surface area (Å²) in [5.41, 5.74) is 0. The summed E-state index contributed by atoms with van der Waals surface area (Å²) in [5.74, 6) is -0.320. The largest absolute Gasteiger partial charge is 0.462 e. The first-order valence-electron chi connectivity index (χ1n) is 6.10. The molecule has 0 aliphatic heterocycles. The number of carbonyl (C=O) groups excluding carboxylic acids is 1. The van der Waals surface area contributed by atoms with Crippen LogP contribution in [0.2, 0.25) is 0 Å². The molecule has 0 radical (unpaired) electrons. The predicted molar refractivity (Wildman–Crippen MR) is 73.6 cm³/mol. The maximum Gasteiger partial charge on any atom is 0.348 e. The third kappa shape index (κ3) is 7.13. The van der Waals surface area contributed by atoms with E-state index in [-0.39, 0.29) is 5.97 Å². The minimum atomic E-state index is -0.520. The standard InChI is InChI=1S/C9H12O3S.2C2H6/c1-3-12-9(11)8-5-4-7(13-8)6(2)10;2*1-2/h4-6,10H,3H2,1-2H3;2*1-2H3. The zero-order valence-corrected chi connectivity index (χ0v) is 12.4. The van der Waals surface area contributed by atoms with Crippen LogP contribution < -0.4 is 0 Å². The molecule has 1 rings (SSSR count). The molecule has 1 N–H and O–H groups in total. The van der Waals surface area contributed by atoms with Crippen molar-refractivity contribution in [3.8, 4) is 0 Å². The highest BCUT2D eigenvalue weighted by Crippen LogP contribution is 2.23. The van der Waals surface area contributed by atoms with Crippen LogP contribution in [0.3, 0.4) is 0 Å². The lowest BCUT2D eigenvalue weighted by atomic mass is 10.3. The van der Waals surface area contributed by atoms with Crippen LogP contribution in [0.1, 0.15) is 62.2 Å². The van der Waals surface area contributed by atoms with E-state index in [0.717, 1.165) is 4.88 Å². The van der Waals surface area contributed by atoms with E-state index in [9.17, 15) is 9.90 Å². The molecule has 100 valence electrons. The lowest BCUT2D eigenvalue weighted by molar-refractivity contribution is 0.0532. The summed E-state index contributed by atoms with van der Waals surface area (Å²) in [4.78, 5) is 12.5. The second-order valence-electron chi connectivity index (χ2n) is 2.60. The summed E-state index contributed by atoms with van der Waals surface area (Å²) in [6.45, 7) is 11.8. The van der Waals surface area contributed by atoms with Crippen molar-refractivity contribution >= 4 is 17.3 Å². The Kier molecular flexibility index (Phi) is 12.6. The lowest BCUT2D eigenvalue weighted by Gasteiger charge is -1.98. The van der Waals surface area contributed by atoms with Crippen molar-refractivity contribution < 1.29 is 14.6 Å². The van der Waals surface area contributed by atoms with Gasteiger partial charge in [0.05, 0.1) is 12.7 Å². The molecule has 0 saturated heterocycles. The van der Waals surface area contributed by atoms with Crippen LogP contribution in [-0.4, -0.2) is 17.7 Å². The van der Waals surface area contributed by atoms with E-state index in [0.29, 0.717) is 11.5 Å². The van der Waals surface area contributed by atoms with Gasteiger partial charge >= 0.3 is 5.97 Å². The van der Waals surface area contributed by atoms with Crippen molar-refractivity contribution in [1.82, 2.24) is 0 Å². The van der Waals surface area contributed by atoms with Crippen LogP contribution in [-0.2, 0) is 4.74 Å².